The molecule has 3 fully saturated rings. The van der Waals surface area contributed by atoms with Crippen molar-refractivity contribution in [3.63, 3.8) is 0 Å². The molecule has 2 aromatic heterocycles. The van der Waals surface area contributed by atoms with Crippen LogP contribution in [0.3, 0.4) is 0 Å². The highest BCUT2D eigenvalue weighted by Gasteiger charge is 2.44. The van der Waals surface area contributed by atoms with Crippen molar-refractivity contribution < 1.29 is 95.6 Å². The van der Waals surface area contributed by atoms with Crippen LogP contribution in [0.5, 0.6) is 5.75 Å². The lowest BCUT2D eigenvalue weighted by molar-refractivity contribution is -0.192. The van der Waals surface area contributed by atoms with Crippen molar-refractivity contribution in [2.45, 2.75) is 176 Å². The molecule has 5 heterocycles. The standard InChI is InChI=1S/C65H92N20O15S.C2HF3O2/c1-34(2)23-43(58(94)78-42(11-7-21-71-64(68)69)63(99)85-22-8-12-49(85)62(98)73-29-52(67)89)77-54(91)30-74-56(92)44(24-35-15-17-38(87)18-16-35)79-61(97)47(31-86)82-59(95)45(25-36-27-72-40-10-4-3-9-39(36)40)80-60(96)46(26-37-28-70-33-75-37)81-57(93)41(19-20-51(66)88)76-53(90)14-6-5-13-50-55-48(32-101-50)83-65(100)84-55;3-2(4,5)1(6)7/h3-4,9-10,15-18,27-28,33-34,41-50,55,72,86-87H,5-8,11-14,19-26,29-32H2,1-2H3,(H2,66,88)(H2,67,89)(H,70,75)(H,73,98)(H,74,92)(H,76,90)(H,77,91)(H,78,94)(H,79,97)(H,80,96)(H,81,93)(H,82,95)(H4,68,69,71)(H2,83,84,100);(H,6,7)/t41-,42-,43-,44-,45-,46-,47-,48-,49-,50-,55-;/m0./s1. The van der Waals surface area contributed by atoms with Gasteiger partial charge in [0.2, 0.25) is 70.9 Å². The Bertz CT molecular complexity index is 3840. The first-order valence-electron chi connectivity index (χ1n) is 34.7. The van der Waals surface area contributed by atoms with E-state index in [0.29, 0.717) is 47.0 Å². The van der Waals surface area contributed by atoms with Gasteiger partial charge in [-0.25, -0.2) is 14.6 Å². The van der Waals surface area contributed by atoms with Crippen LogP contribution < -0.4 is 81.4 Å². The number of carboxylic acid groups (broad SMARTS) is 1. The molecule has 3 aliphatic rings. The topological polar surface area (TPSA) is 596 Å². The summed E-state index contributed by atoms with van der Waals surface area (Å²) in [5.41, 5.74) is 23.7. The molecule has 0 saturated carbocycles. The molecule has 14 amide bonds. The van der Waals surface area contributed by atoms with Gasteiger partial charge in [0.15, 0.2) is 5.96 Å². The van der Waals surface area contributed by atoms with Crippen molar-refractivity contribution in [3.05, 3.63) is 84.1 Å². The van der Waals surface area contributed by atoms with Crippen molar-refractivity contribution in [3.8, 4) is 5.75 Å². The van der Waals surface area contributed by atoms with E-state index in [1.54, 1.807) is 56.1 Å². The van der Waals surface area contributed by atoms with Crippen LogP contribution in [0.4, 0.5) is 18.0 Å². The second kappa shape index (κ2) is 41.6. The normalized spacial score (nSPS) is 17.7. The number of nitrogens with one attached hydrogen (secondary N) is 13. The van der Waals surface area contributed by atoms with Gasteiger partial charge in [0.1, 0.15) is 54.1 Å². The second-order valence-corrected chi connectivity index (χ2v) is 27.6. The summed E-state index contributed by atoms with van der Waals surface area (Å²) in [6.07, 6.45) is 0.656. The zero-order chi connectivity index (χ0) is 79.4. The molecule has 0 radical (unpaired) electrons. The number of hydrogen-bond donors (Lipinski definition) is 20. The monoisotopic (exact) mass is 1540 g/mol. The number of aliphatic hydroxyl groups is 1. The van der Waals surface area contributed by atoms with Gasteiger partial charge in [-0.05, 0) is 86.6 Å². The number of aliphatic carboxylic acids is 1. The molecule has 24 N–H and O–H groups in total. The number of aromatic amines is 2. The van der Waals surface area contributed by atoms with Gasteiger partial charge in [-0.1, -0.05) is 50.6 Å². The van der Waals surface area contributed by atoms with Crippen molar-refractivity contribution in [1.29, 1.82) is 0 Å². The number of phenolic OH excluding ortho intramolecular Hbond substituents is 1. The number of urea groups is 1. The molecule has 108 heavy (non-hydrogen) atoms. The van der Waals surface area contributed by atoms with Gasteiger partial charge in [-0.15, -0.1) is 0 Å². The quantitative estimate of drug-likeness (QED) is 0.00887. The number of carboxylic acids is 1. The van der Waals surface area contributed by atoms with Gasteiger partial charge in [-0.3, -0.25) is 62.5 Å². The molecule has 3 aliphatic heterocycles. The predicted octanol–water partition coefficient (Wildman–Crippen LogP) is -3.56. The number of aromatic nitrogens is 3. The van der Waals surface area contributed by atoms with E-state index in [-0.39, 0.29) is 118 Å². The number of phenols is 1. The zero-order valence-corrected chi connectivity index (χ0v) is 60.0. The first kappa shape index (κ1) is 85.7. The van der Waals surface area contributed by atoms with Crippen LogP contribution in [-0.2, 0) is 81.6 Å². The van der Waals surface area contributed by atoms with Gasteiger partial charge >= 0.3 is 18.2 Å². The van der Waals surface area contributed by atoms with Gasteiger partial charge in [0, 0.05) is 85.2 Å². The summed E-state index contributed by atoms with van der Waals surface area (Å²) in [6, 6.07) is 1.08. The molecule has 11 atom stereocenters. The third-order valence-corrected chi connectivity index (χ3v) is 18.9. The number of aliphatic hydroxyl groups excluding tert-OH is 1. The number of rotatable bonds is 40. The highest BCUT2D eigenvalue weighted by atomic mass is 32.2. The molecule has 2 aromatic carbocycles. The van der Waals surface area contributed by atoms with E-state index in [9.17, 15) is 85.7 Å². The van der Waals surface area contributed by atoms with Gasteiger partial charge in [-0.2, -0.15) is 24.9 Å². The van der Waals surface area contributed by atoms with Crippen molar-refractivity contribution in [2.75, 3.05) is 38.5 Å². The summed E-state index contributed by atoms with van der Waals surface area (Å²) in [7, 11) is 0. The molecule has 0 bridgehead atoms. The SMILES string of the molecule is CC(C)C[C@H](NC(=O)CNC(=O)[C@H](Cc1ccc(O)cc1)NC(=O)[C@H](CO)NC(=O)[C@H](Cc1c[nH]c2ccccc12)NC(=O)[C@H](Cc1cnc[nH]1)NC(=O)[C@H](CCC(N)=O)NC(=O)CCCC[C@@H]1SC[C@@H]2NC(=O)N[C@@H]21)C(=O)N[C@@H](CCCN=C(N)N)C(=O)N1CCC[C@H]1C(=O)NCC(N)=O.O=C(O)C(F)(F)F. The number of carbonyl (C=O) groups is 14. The number of nitrogens with zero attached hydrogens (tertiary/aromatic N) is 3. The number of imidazole rings is 1. The molecule has 0 aliphatic carbocycles. The lowest BCUT2D eigenvalue weighted by Crippen LogP contribution is -2.61. The number of para-hydroxylation sites is 1. The highest BCUT2D eigenvalue weighted by molar-refractivity contribution is 8.00. The van der Waals surface area contributed by atoms with Crippen molar-refractivity contribution in [1.82, 2.24) is 78.3 Å². The van der Waals surface area contributed by atoms with Crippen LogP contribution in [-0.4, -0.2) is 234 Å². The highest BCUT2D eigenvalue weighted by Crippen LogP contribution is 2.33. The third kappa shape index (κ3) is 27.6. The number of amides is 14. The van der Waals surface area contributed by atoms with Gasteiger partial charge in [0.05, 0.1) is 38.1 Å². The lowest BCUT2D eigenvalue weighted by Gasteiger charge is -2.30. The minimum absolute atomic E-state index is 0.00228. The fraction of sp³-hybridized carbons (Fsp3) is 0.522. The van der Waals surface area contributed by atoms with Crippen molar-refractivity contribution in [2.24, 2.45) is 33.8 Å². The molecule has 7 rings (SSSR count). The van der Waals surface area contributed by atoms with E-state index in [4.69, 9.17) is 32.8 Å². The van der Waals surface area contributed by atoms with Crippen molar-refractivity contribution >= 4 is 112 Å². The molecule has 590 valence electrons. The Balaban J connectivity index is 0.00000248. The number of H-pyrrole nitrogens is 2. The number of primary amides is 2. The Morgan fingerprint density at radius 3 is 1.94 bits per heavy atom. The van der Waals surface area contributed by atoms with Crippen LogP contribution in [0, 0.1) is 5.92 Å². The van der Waals surface area contributed by atoms with E-state index >= 15 is 0 Å². The number of guanidine groups is 1. The van der Waals surface area contributed by atoms with Gasteiger partial charge < -0.3 is 112 Å². The first-order chi connectivity index (χ1) is 51.2. The molecule has 0 spiro atoms. The Morgan fingerprint density at radius 2 is 1.31 bits per heavy atom. The summed E-state index contributed by atoms with van der Waals surface area (Å²) in [6.45, 7) is 1.47. The molecule has 4 aromatic rings. The summed E-state index contributed by atoms with van der Waals surface area (Å²) < 4.78 is 31.7. The van der Waals surface area contributed by atoms with Gasteiger partial charge in [0.25, 0.3) is 0 Å². The summed E-state index contributed by atoms with van der Waals surface area (Å²) in [5, 5.41) is 57.9. The number of fused-ring (bicyclic) bond motifs is 2. The Labute approximate surface area is 620 Å². The molecular weight excluding hydrogens is 1450 g/mol. The van der Waals surface area contributed by atoms with E-state index in [1.165, 1.54) is 41.7 Å². The molecular formula is C67H93F3N20O17S. The number of thioether (sulfide) groups is 1. The number of likely N-dealkylation sites (tertiary alicyclic amines) is 1. The van der Waals surface area contributed by atoms with Crippen LogP contribution >= 0.6 is 11.8 Å². The van der Waals surface area contributed by atoms with Crippen LogP contribution in [0.15, 0.2) is 72.2 Å². The summed E-state index contributed by atoms with van der Waals surface area (Å²) >= 11 is 1.73. The average molecular weight is 1540 g/mol. The fourth-order valence-electron chi connectivity index (χ4n) is 12.1. The maximum atomic E-state index is 14.8. The average Bonchev–Trinajstić information content (AvgIpc) is 1.64. The molecule has 37 nitrogen and oxygen atoms in total. The number of aromatic hydroxyl groups is 1. The number of unbranched alkanes of at least 4 members (excludes halogenated alkanes) is 1. The number of aliphatic imine (C=N–C) groups is 1. The number of alkyl halides is 3. The van der Waals surface area contributed by atoms with Crippen LogP contribution in [0.1, 0.15) is 101 Å². The first-order valence-corrected chi connectivity index (χ1v) is 35.7. The minimum Gasteiger partial charge on any atom is -0.508 e. The largest absolute Gasteiger partial charge is 0.508 e. The van der Waals surface area contributed by atoms with Crippen LogP contribution in [0.2, 0.25) is 0 Å². The zero-order valence-electron chi connectivity index (χ0n) is 59.2. The van der Waals surface area contributed by atoms with Crippen LogP contribution in [0.25, 0.3) is 10.9 Å². The minimum atomic E-state index is -5.08. The molecule has 3 saturated heterocycles. The Kier molecular flexibility index (Phi) is 33.0. The van der Waals surface area contributed by atoms with E-state index in [2.05, 4.69) is 78.4 Å². The fourth-order valence-corrected chi connectivity index (χ4v) is 13.6. The maximum Gasteiger partial charge on any atom is 0.490 e. The Morgan fingerprint density at radius 1 is 0.685 bits per heavy atom. The Hall–Kier alpha value is -11.3. The number of nitrogens with two attached hydrogens (primary N) is 4. The number of hydrogen-bond acceptors (Lipinski definition) is 19. The number of carbonyl (C=O) groups excluding carboxylic acids is 13. The molecule has 41 heteroatoms. The summed E-state index contributed by atoms with van der Waals surface area (Å²) in [4.78, 5) is 201. The number of halogens is 3. The lowest BCUT2D eigenvalue weighted by atomic mass is 10.0. The third-order valence-electron chi connectivity index (χ3n) is 17.4. The predicted molar refractivity (Wildman–Crippen MR) is 382 cm³/mol. The maximum absolute atomic E-state index is 14.8. The second-order valence-electron chi connectivity index (χ2n) is 26.3. The van der Waals surface area contributed by atoms with E-state index < -0.39 is 151 Å². The van der Waals surface area contributed by atoms with E-state index in [0.717, 1.165) is 12.2 Å². The smallest absolute Gasteiger partial charge is 0.490 e. The molecule has 0 unspecified atom stereocenters. The van der Waals surface area contributed by atoms with E-state index in [1.807, 2.05) is 0 Å². The summed E-state index contributed by atoms with van der Waals surface area (Å²) in [5.74, 6) is -12.4. The number of benzene rings is 2.